The van der Waals surface area contributed by atoms with Crippen molar-refractivity contribution in [3.8, 4) is 6.07 Å². The van der Waals surface area contributed by atoms with Gasteiger partial charge in [0, 0.05) is 23.1 Å². The Labute approximate surface area is 159 Å². The standard InChI is InChI=1S/C9H8N2O2S.C5H8O2.C3H4N2O/c12-8-6-1-7(5-2-13-3-5)14-9(6)11-4-10-8;6-2-1-5-3-7-4-5;4-2-1-3(5)6/h1,4-5H,2-3H2,(H,10,11,12);2,5H,1,3-4H2;1H2,(H2,5,6). The van der Waals surface area contributed by atoms with E-state index in [1.54, 1.807) is 17.4 Å². The smallest absolute Gasteiger partial charge is 0.259 e. The molecule has 0 saturated carbocycles. The molecule has 0 spiro atoms. The van der Waals surface area contributed by atoms with E-state index >= 15 is 0 Å². The first kappa shape index (κ1) is 20.7. The summed E-state index contributed by atoms with van der Waals surface area (Å²) in [6.45, 7) is 3.12. The molecular formula is C17H20N4O5S. The van der Waals surface area contributed by atoms with E-state index in [-0.39, 0.29) is 12.0 Å². The summed E-state index contributed by atoms with van der Waals surface area (Å²) in [5, 5.41) is 8.38. The van der Waals surface area contributed by atoms with Gasteiger partial charge in [-0.2, -0.15) is 5.26 Å². The molecule has 0 aliphatic carbocycles. The first-order valence-electron chi connectivity index (χ1n) is 8.26. The number of carbonyl (C=O) groups is 2. The average molecular weight is 392 g/mol. The number of fused-ring (bicyclic) bond motifs is 1. The van der Waals surface area contributed by atoms with Crippen LogP contribution in [-0.4, -0.2) is 48.6 Å². The monoisotopic (exact) mass is 392 g/mol. The third kappa shape index (κ3) is 6.25. The molecule has 2 aliphatic heterocycles. The van der Waals surface area contributed by atoms with Gasteiger partial charge in [0.05, 0.1) is 44.2 Å². The number of nitrogens with two attached hydrogens (primary N) is 1. The molecule has 4 heterocycles. The van der Waals surface area contributed by atoms with Crippen LogP contribution in [0.15, 0.2) is 17.2 Å². The second kappa shape index (κ2) is 10.5. The maximum Gasteiger partial charge on any atom is 0.259 e. The maximum absolute atomic E-state index is 11.4. The topological polar surface area (TPSA) is 148 Å². The Morgan fingerprint density at radius 2 is 2.11 bits per heavy atom. The first-order chi connectivity index (χ1) is 13.0. The van der Waals surface area contributed by atoms with Crippen molar-refractivity contribution in [2.24, 2.45) is 11.7 Å². The molecule has 0 bridgehead atoms. The molecular weight excluding hydrogens is 372 g/mol. The molecule has 2 fully saturated rings. The normalized spacial score (nSPS) is 15.8. The Kier molecular flexibility index (Phi) is 8.06. The van der Waals surface area contributed by atoms with Crippen LogP contribution < -0.4 is 11.3 Å². The molecule has 2 aromatic rings. The number of nitrogens with zero attached hydrogens (tertiary/aromatic N) is 2. The zero-order valence-corrected chi connectivity index (χ0v) is 15.4. The predicted molar refractivity (Wildman–Crippen MR) is 98.2 cm³/mol. The zero-order chi connectivity index (χ0) is 19.6. The van der Waals surface area contributed by atoms with Gasteiger partial charge in [0.2, 0.25) is 5.91 Å². The number of hydrogen-bond acceptors (Lipinski definition) is 8. The summed E-state index contributed by atoms with van der Waals surface area (Å²) in [6.07, 6.45) is 2.90. The number of ether oxygens (including phenoxy) is 2. The minimum absolute atomic E-state index is 0.0576. The molecule has 9 nitrogen and oxygen atoms in total. The van der Waals surface area contributed by atoms with E-state index in [1.165, 1.54) is 11.2 Å². The Bertz CT molecular complexity index is 864. The summed E-state index contributed by atoms with van der Waals surface area (Å²) in [7, 11) is 0. The zero-order valence-electron chi connectivity index (χ0n) is 14.6. The van der Waals surface area contributed by atoms with Crippen LogP contribution in [0.5, 0.6) is 0 Å². The van der Waals surface area contributed by atoms with Gasteiger partial charge in [-0.1, -0.05) is 0 Å². The van der Waals surface area contributed by atoms with Crippen molar-refractivity contribution in [1.82, 2.24) is 9.97 Å². The summed E-state index contributed by atoms with van der Waals surface area (Å²) in [5.41, 5.74) is 4.48. The number of hydrogen-bond donors (Lipinski definition) is 2. The van der Waals surface area contributed by atoms with Gasteiger partial charge >= 0.3 is 0 Å². The number of thiophene rings is 1. The van der Waals surface area contributed by atoms with Crippen LogP contribution in [0.3, 0.4) is 0 Å². The fourth-order valence-corrected chi connectivity index (χ4v) is 3.19. The van der Waals surface area contributed by atoms with Gasteiger partial charge < -0.3 is 25.0 Å². The second-order valence-electron chi connectivity index (χ2n) is 5.94. The highest BCUT2D eigenvalue weighted by atomic mass is 32.1. The quantitative estimate of drug-likeness (QED) is 0.728. The van der Waals surface area contributed by atoms with Crippen molar-refractivity contribution in [2.45, 2.75) is 18.8 Å². The number of carbonyl (C=O) groups excluding carboxylic acids is 2. The summed E-state index contributed by atoms with van der Waals surface area (Å²) in [5.74, 6) is 0.434. The van der Waals surface area contributed by atoms with E-state index in [2.05, 4.69) is 15.7 Å². The molecule has 2 saturated heterocycles. The van der Waals surface area contributed by atoms with Gasteiger partial charge in [-0.05, 0) is 6.07 Å². The largest absolute Gasteiger partial charge is 0.381 e. The van der Waals surface area contributed by atoms with E-state index < -0.39 is 5.91 Å². The molecule has 27 heavy (non-hydrogen) atoms. The molecule has 4 rings (SSSR count). The van der Waals surface area contributed by atoms with Gasteiger partial charge in [-0.3, -0.25) is 9.59 Å². The third-order valence-electron chi connectivity index (χ3n) is 3.78. The number of aromatic nitrogens is 2. The van der Waals surface area contributed by atoms with Gasteiger partial charge in [0.25, 0.3) is 5.56 Å². The lowest BCUT2D eigenvalue weighted by Crippen LogP contribution is -2.27. The number of aldehydes is 1. The number of aromatic amines is 1. The van der Waals surface area contributed by atoms with Gasteiger partial charge in [0.15, 0.2) is 0 Å². The Hall–Kier alpha value is -2.61. The number of nitriles is 1. The van der Waals surface area contributed by atoms with Crippen molar-refractivity contribution in [2.75, 3.05) is 26.4 Å². The molecule has 0 radical (unpaired) electrons. The molecule has 2 aromatic heterocycles. The Morgan fingerprint density at radius 3 is 2.48 bits per heavy atom. The van der Waals surface area contributed by atoms with Crippen molar-refractivity contribution in [3.63, 3.8) is 0 Å². The lowest BCUT2D eigenvalue weighted by Gasteiger charge is -2.24. The Balaban J connectivity index is 0.000000170. The lowest BCUT2D eigenvalue weighted by atomic mass is 10.1. The third-order valence-corrected chi connectivity index (χ3v) is 4.99. The van der Waals surface area contributed by atoms with Crippen LogP contribution >= 0.6 is 11.3 Å². The molecule has 0 atom stereocenters. The van der Waals surface area contributed by atoms with E-state index in [0.717, 1.165) is 37.5 Å². The number of nitrogens with one attached hydrogen (secondary N) is 1. The van der Waals surface area contributed by atoms with Crippen LogP contribution in [0.2, 0.25) is 0 Å². The summed E-state index contributed by atoms with van der Waals surface area (Å²) in [4.78, 5) is 39.5. The minimum Gasteiger partial charge on any atom is -0.381 e. The van der Waals surface area contributed by atoms with Gasteiger partial charge in [-0.25, -0.2) is 4.98 Å². The lowest BCUT2D eigenvalue weighted by molar-refractivity contribution is -0.117. The van der Waals surface area contributed by atoms with Crippen molar-refractivity contribution >= 4 is 33.7 Å². The SMILES string of the molecule is N#CCC(N)=O.O=CCC1COC1.O=c1[nH]cnc2sc(C3COC3)cc12. The van der Waals surface area contributed by atoms with Crippen LogP contribution in [0.25, 0.3) is 10.2 Å². The number of amides is 1. The van der Waals surface area contributed by atoms with Crippen LogP contribution in [0, 0.1) is 17.2 Å². The molecule has 144 valence electrons. The van der Waals surface area contributed by atoms with E-state index in [4.69, 9.17) is 14.7 Å². The maximum atomic E-state index is 11.4. The molecule has 0 unspecified atom stereocenters. The molecule has 3 N–H and O–H groups in total. The number of primary amides is 1. The van der Waals surface area contributed by atoms with E-state index in [9.17, 15) is 14.4 Å². The molecule has 2 aliphatic rings. The highest BCUT2D eigenvalue weighted by molar-refractivity contribution is 7.18. The van der Waals surface area contributed by atoms with Crippen LogP contribution in [0.1, 0.15) is 23.6 Å². The number of rotatable bonds is 4. The minimum atomic E-state index is -0.572. The highest BCUT2D eigenvalue weighted by Crippen LogP contribution is 2.31. The average Bonchev–Trinajstić information content (AvgIpc) is 2.95. The Morgan fingerprint density at radius 1 is 1.41 bits per heavy atom. The van der Waals surface area contributed by atoms with Crippen molar-refractivity contribution in [1.29, 1.82) is 5.26 Å². The van der Waals surface area contributed by atoms with Gasteiger partial charge in [0.1, 0.15) is 17.5 Å². The fourth-order valence-electron chi connectivity index (χ4n) is 2.12. The summed E-state index contributed by atoms with van der Waals surface area (Å²) in [6, 6.07) is 3.52. The fraction of sp³-hybridized carbons (Fsp3) is 0.471. The molecule has 1 amide bonds. The first-order valence-corrected chi connectivity index (χ1v) is 9.08. The number of H-pyrrole nitrogens is 1. The van der Waals surface area contributed by atoms with Crippen molar-refractivity contribution in [3.05, 3.63) is 27.6 Å². The van der Waals surface area contributed by atoms with Crippen molar-refractivity contribution < 1.29 is 19.1 Å². The predicted octanol–water partition coefficient (Wildman–Crippen LogP) is 0.706. The van der Waals surface area contributed by atoms with E-state index in [0.29, 0.717) is 23.6 Å². The molecule has 0 aromatic carbocycles. The van der Waals surface area contributed by atoms with E-state index in [1.807, 2.05) is 6.07 Å². The van der Waals surface area contributed by atoms with Crippen LogP contribution in [0.4, 0.5) is 0 Å². The summed E-state index contributed by atoms with van der Waals surface area (Å²) >= 11 is 1.58. The highest BCUT2D eigenvalue weighted by Gasteiger charge is 2.23. The summed E-state index contributed by atoms with van der Waals surface area (Å²) < 4.78 is 9.94. The molecule has 10 heteroatoms. The van der Waals surface area contributed by atoms with Crippen LogP contribution in [-0.2, 0) is 19.1 Å². The second-order valence-corrected chi connectivity index (χ2v) is 7.00. The van der Waals surface area contributed by atoms with Gasteiger partial charge in [-0.15, -0.1) is 11.3 Å².